The summed E-state index contributed by atoms with van der Waals surface area (Å²) in [5.74, 6) is 0.816. The molecule has 0 aliphatic carbocycles. The van der Waals surface area contributed by atoms with Crippen LogP contribution in [0.5, 0.6) is 23.0 Å². The maximum Gasteiger partial charge on any atom is 0.280 e. The van der Waals surface area contributed by atoms with Crippen LogP contribution in [0.2, 0.25) is 0 Å². The summed E-state index contributed by atoms with van der Waals surface area (Å²) >= 11 is 0. The molecular formula is C23H19N3O8. The topological polar surface area (TPSA) is 143 Å². The molecule has 0 fully saturated rings. The van der Waals surface area contributed by atoms with Crippen molar-refractivity contribution in [2.75, 3.05) is 19.5 Å². The number of nitro groups is 2. The van der Waals surface area contributed by atoms with Gasteiger partial charge in [0.25, 0.3) is 11.4 Å². The zero-order valence-corrected chi connectivity index (χ0v) is 18.1. The van der Waals surface area contributed by atoms with Crippen LogP contribution in [0.1, 0.15) is 5.56 Å². The van der Waals surface area contributed by atoms with Crippen molar-refractivity contribution in [3.8, 4) is 23.0 Å². The summed E-state index contributed by atoms with van der Waals surface area (Å²) in [6.07, 6.45) is 2.85. The first kappa shape index (κ1) is 23.7. The molecular weight excluding hydrogens is 446 g/mol. The van der Waals surface area contributed by atoms with Gasteiger partial charge in [0.2, 0.25) is 5.91 Å². The molecule has 3 aromatic rings. The number of hydrogen-bond acceptors (Lipinski definition) is 8. The first-order valence-corrected chi connectivity index (χ1v) is 9.72. The quantitative estimate of drug-likeness (QED) is 0.265. The summed E-state index contributed by atoms with van der Waals surface area (Å²) in [5, 5.41) is 24.8. The van der Waals surface area contributed by atoms with E-state index in [9.17, 15) is 25.0 Å². The maximum absolute atomic E-state index is 12.3. The number of rotatable bonds is 9. The summed E-state index contributed by atoms with van der Waals surface area (Å²) in [4.78, 5) is 32.9. The van der Waals surface area contributed by atoms with E-state index in [-0.39, 0.29) is 11.5 Å². The van der Waals surface area contributed by atoms with Crippen LogP contribution in [0.15, 0.2) is 66.7 Å². The minimum Gasteiger partial charge on any atom is -0.493 e. The lowest BCUT2D eigenvalue weighted by Gasteiger charge is -2.09. The predicted octanol–water partition coefficient (Wildman–Crippen LogP) is 4.96. The molecule has 11 nitrogen and oxygen atoms in total. The van der Waals surface area contributed by atoms with Crippen LogP contribution >= 0.6 is 0 Å². The van der Waals surface area contributed by atoms with Gasteiger partial charge < -0.3 is 19.5 Å². The van der Waals surface area contributed by atoms with Crippen LogP contribution < -0.4 is 19.5 Å². The lowest BCUT2D eigenvalue weighted by Crippen LogP contribution is -2.07. The highest BCUT2D eigenvalue weighted by Crippen LogP contribution is 2.31. The van der Waals surface area contributed by atoms with Crippen molar-refractivity contribution < 1.29 is 28.9 Å². The van der Waals surface area contributed by atoms with Gasteiger partial charge in [0, 0.05) is 17.8 Å². The molecule has 11 heteroatoms. The summed E-state index contributed by atoms with van der Waals surface area (Å²) in [6.45, 7) is 0. The van der Waals surface area contributed by atoms with Gasteiger partial charge >= 0.3 is 0 Å². The second-order valence-electron chi connectivity index (χ2n) is 6.77. The Balaban J connectivity index is 1.73. The normalized spacial score (nSPS) is 10.5. The third-order valence-corrected chi connectivity index (χ3v) is 4.47. The fourth-order valence-corrected chi connectivity index (χ4v) is 2.93. The Morgan fingerprint density at radius 3 is 2.15 bits per heavy atom. The van der Waals surface area contributed by atoms with E-state index in [4.69, 9.17) is 14.2 Å². The van der Waals surface area contributed by atoms with Crippen molar-refractivity contribution in [2.45, 2.75) is 0 Å². The highest BCUT2D eigenvalue weighted by Gasteiger charge is 2.17. The van der Waals surface area contributed by atoms with Gasteiger partial charge in [-0.25, -0.2) is 0 Å². The molecule has 0 unspecified atom stereocenters. The fraction of sp³-hybridized carbons (Fsp3) is 0.0870. The van der Waals surface area contributed by atoms with E-state index in [2.05, 4.69) is 5.32 Å². The number of non-ortho nitro benzene ring substituents is 2. The molecule has 1 amide bonds. The summed E-state index contributed by atoms with van der Waals surface area (Å²) in [7, 11) is 3.00. The maximum atomic E-state index is 12.3. The van der Waals surface area contributed by atoms with Gasteiger partial charge in [-0.3, -0.25) is 25.0 Å². The molecule has 3 aromatic carbocycles. The Morgan fingerprint density at radius 2 is 1.53 bits per heavy atom. The van der Waals surface area contributed by atoms with Crippen LogP contribution in [0.25, 0.3) is 6.08 Å². The molecule has 0 heterocycles. The van der Waals surface area contributed by atoms with E-state index in [1.165, 1.54) is 20.3 Å². The molecule has 174 valence electrons. The summed E-state index contributed by atoms with van der Waals surface area (Å²) in [5.41, 5.74) is 0.177. The van der Waals surface area contributed by atoms with Crippen LogP contribution in [-0.2, 0) is 4.79 Å². The molecule has 0 spiro atoms. The largest absolute Gasteiger partial charge is 0.493 e. The molecule has 1 N–H and O–H groups in total. The fourth-order valence-electron chi connectivity index (χ4n) is 2.93. The van der Waals surface area contributed by atoms with Crippen LogP contribution in [-0.4, -0.2) is 30.0 Å². The molecule has 0 atom stereocenters. The molecule has 0 aliphatic heterocycles. The van der Waals surface area contributed by atoms with E-state index in [0.29, 0.717) is 22.7 Å². The Bertz CT molecular complexity index is 1240. The number of hydrogen-bond donors (Lipinski definition) is 1. The third kappa shape index (κ3) is 6.07. The van der Waals surface area contributed by atoms with E-state index < -0.39 is 27.1 Å². The van der Waals surface area contributed by atoms with Crippen molar-refractivity contribution in [1.29, 1.82) is 0 Å². The number of amides is 1. The Morgan fingerprint density at radius 1 is 0.853 bits per heavy atom. The summed E-state index contributed by atoms with van der Waals surface area (Å²) < 4.78 is 16.0. The number of methoxy groups -OCH3 is 2. The van der Waals surface area contributed by atoms with Gasteiger partial charge in [-0.2, -0.15) is 0 Å². The molecule has 3 rings (SSSR count). The first-order valence-electron chi connectivity index (χ1n) is 9.72. The van der Waals surface area contributed by atoms with Crippen molar-refractivity contribution in [3.05, 3.63) is 92.5 Å². The lowest BCUT2D eigenvalue weighted by atomic mass is 10.2. The molecule has 0 aliphatic rings. The molecule has 0 bridgehead atoms. The van der Waals surface area contributed by atoms with Crippen LogP contribution in [0, 0.1) is 20.2 Å². The predicted molar refractivity (Wildman–Crippen MR) is 123 cm³/mol. The average molecular weight is 465 g/mol. The van der Waals surface area contributed by atoms with Gasteiger partial charge in [0.1, 0.15) is 11.5 Å². The number of anilines is 1. The van der Waals surface area contributed by atoms with Crippen molar-refractivity contribution in [3.63, 3.8) is 0 Å². The number of nitrogens with one attached hydrogen (secondary N) is 1. The number of nitrogens with zero attached hydrogens (tertiary/aromatic N) is 2. The molecule has 0 saturated heterocycles. The van der Waals surface area contributed by atoms with Crippen molar-refractivity contribution in [2.24, 2.45) is 0 Å². The smallest absolute Gasteiger partial charge is 0.280 e. The number of ether oxygens (including phenoxy) is 3. The van der Waals surface area contributed by atoms with Gasteiger partial charge in [-0.15, -0.1) is 0 Å². The Hall–Kier alpha value is -4.93. The van der Waals surface area contributed by atoms with Crippen molar-refractivity contribution >= 4 is 29.0 Å². The second-order valence-corrected chi connectivity index (χ2v) is 6.77. The van der Waals surface area contributed by atoms with Gasteiger partial charge in [0.05, 0.1) is 42.3 Å². The van der Waals surface area contributed by atoms with E-state index in [1.54, 1.807) is 48.5 Å². The molecule has 0 saturated carbocycles. The van der Waals surface area contributed by atoms with Crippen molar-refractivity contribution in [1.82, 2.24) is 0 Å². The van der Waals surface area contributed by atoms with Crippen LogP contribution in [0.4, 0.5) is 17.1 Å². The monoisotopic (exact) mass is 465 g/mol. The van der Waals surface area contributed by atoms with E-state index in [1.807, 2.05) is 0 Å². The highest BCUT2D eigenvalue weighted by atomic mass is 16.6. The average Bonchev–Trinajstić information content (AvgIpc) is 2.82. The van der Waals surface area contributed by atoms with Gasteiger partial charge in [-0.05, 0) is 35.9 Å². The molecule has 0 aromatic heterocycles. The number of benzene rings is 3. The van der Waals surface area contributed by atoms with Crippen LogP contribution in [0.3, 0.4) is 0 Å². The highest BCUT2D eigenvalue weighted by molar-refractivity contribution is 6.02. The van der Waals surface area contributed by atoms with Gasteiger partial charge in [0.15, 0.2) is 11.5 Å². The minimum absolute atomic E-state index is 0.0618. The summed E-state index contributed by atoms with van der Waals surface area (Å²) in [6, 6.07) is 14.5. The third-order valence-electron chi connectivity index (χ3n) is 4.47. The lowest BCUT2D eigenvalue weighted by molar-refractivity contribution is -0.394. The Kier molecular flexibility index (Phi) is 7.39. The molecule has 0 radical (unpaired) electrons. The zero-order valence-electron chi connectivity index (χ0n) is 18.1. The SMILES string of the molecule is COc1ccc(NC(=O)/C=C\c2cccc(Oc3cc([N+](=O)[O-])cc([N+](=O)[O-])c3)c2)cc1OC. The van der Waals surface area contributed by atoms with E-state index >= 15 is 0 Å². The number of carbonyl (C=O) groups excluding carboxylic acids is 1. The minimum atomic E-state index is -0.740. The number of carbonyl (C=O) groups is 1. The van der Waals surface area contributed by atoms with Gasteiger partial charge in [-0.1, -0.05) is 12.1 Å². The first-order chi connectivity index (χ1) is 16.3. The second kappa shape index (κ2) is 10.6. The zero-order chi connectivity index (χ0) is 24.7. The standard InChI is InChI=1S/C23H19N3O8/c1-32-21-8-7-16(11-22(21)33-2)24-23(27)9-6-15-4-3-5-19(10-15)34-20-13-17(25(28)29)12-18(14-20)26(30)31/h3-14H,1-2H3,(H,24,27)/b9-6-. The Labute approximate surface area is 193 Å². The number of nitro benzene ring substituents is 2. The molecule has 34 heavy (non-hydrogen) atoms. The van der Waals surface area contributed by atoms with E-state index in [0.717, 1.165) is 18.2 Å².